The molecule has 1 aliphatic heterocycles. The number of hydrogen-bond acceptors (Lipinski definition) is 3. The molecule has 1 aliphatic rings. The average Bonchev–Trinajstić information content (AvgIpc) is 2.75. The minimum atomic E-state index is -0.297. The molecule has 1 rings (SSSR count). The number of rotatable bonds is 7. The number of nitrogens with one attached hydrogen (secondary N) is 2. The Morgan fingerprint density at radius 1 is 1.44 bits per heavy atom. The molecule has 1 saturated heterocycles. The highest BCUT2D eigenvalue weighted by molar-refractivity contribution is 5.88. The van der Waals surface area contributed by atoms with E-state index in [4.69, 9.17) is 0 Å². The number of nitrogens with zero attached hydrogens (tertiary/aromatic N) is 1. The van der Waals surface area contributed by atoms with Gasteiger partial charge in [0, 0.05) is 25.6 Å². The minimum absolute atomic E-state index is 0.0301. The average molecular weight is 255 g/mol. The third-order valence-corrected chi connectivity index (χ3v) is 3.31. The molecule has 0 aliphatic carbocycles. The minimum Gasteiger partial charge on any atom is -0.353 e. The van der Waals surface area contributed by atoms with E-state index in [9.17, 15) is 9.59 Å². The van der Waals surface area contributed by atoms with Crippen LogP contribution in [0.4, 0.5) is 0 Å². The maximum absolute atomic E-state index is 12.1. The van der Waals surface area contributed by atoms with Crippen LogP contribution in [-0.4, -0.2) is 48.4 Å². The predicted molar refractivity (Wildman–Crippen MR) is 71.2 cm³/mol. The lowest BCUT2D eigenvalue weighted by Gasteiger charge is -2.26. The Labute approximate surface area is 109 Å². The third-order valence-electron chi connectivity index (χ3n) is 3.31. The Morgan fingerprint density at radius 3 is 2.67 bits per heavy atom. The normalized spacial score (nSPS) is 18.8. The van der Waals surface area contributed by atoms with Gasteiger partial charge >= 0.3 is 0 Å². The molecule has 0 radical (unpaired) electrons. The Bertz CT molecular complexity index is 294. The number of carbonyl (C=O) groups is 2. The summed E-state index contributed by atoms with van der Waals surface area (Å²) in [6.07, 6.45) is 2.13. The van der Waals surface area contributed by atoms with E-state index in [0.29, 0.717) is 25.9 Å². The molecular formula is C13H25N3O2. The van der Waals surface area contributed by atoms with Crippen molar-refractivity contribution in [2.24, 2.45) is 0 Å². The third kappa shape index (κ3) is 3.98. The van der Waals surface area contributed by atoms with E-state index in [1.807, 2.05) is 20.8 Å². The molecule has 1 heterocycles. The quantitative estimate of drug-likeness (QED) is 0.696. The summed E-state index contributed by atoms with van der Waals surface area (Å²) >= 11 is 0. The van der Waals surface area contributed by atoms with Crippen molar-refractivity contribution in [3.05, 3.63) is 0 Å². The van der Waals surface area contributed by atoms with Crippen LogP contribution in [-0.2, 0) is 9.59 Å². The van der Waals surface area contributed by atoms with Gasteiger partial charge in [-0.05, 0) is 26.3 Å². The van der Waals surface area contributed by atoms with Crippen LogP contribution in [0, 0.1) is 0 Å². The fourth-order valence-electron chi connectivity index (χ4n) is 2.34. The van der Waals surface area contributed by atoms with E-state index < -0.39 is 0 Å². The van der Waals surface area contributed by atoms with Gasteiger partial charge in [0.05, 0.1) is 0 Å². The van der Waals surface area contributed by atoms with Crippen molar-refractivity contribution in [2.75, 3.05) is 19.6 Å². The van der Waals surface area contributed by atoms with Crippen molar-refractivity contribution in [2.45, 2.75) is 52.1 Å². The lowest BCUT2D eigenvalue weighted by Crippen LogP contribution is -2.49. The fraction of sp³-hybridized carbons (Fsp3) is 0.846. The highest BCUT2D eigenvalue weighted by atomic mass is 16.2. The van der Waals surface area contributed by atoms with Crippen LogP contribution >= 0.6 is 0 Å². The number of carbonyl (C=O) groups excluding carboxylic acids is 2. The van der Waals surface area contributed by atoms with Gasteiger partial charge in [0.1, 0.15) is 6.04 Å². The molecule has 0 aromatic rings. The van der Waals surface area contributed by atoms with Gasteiger partial charge in [0.25, 0.3) is 0 Å². The second-order valence-corrected chi connectivity index (χ2v) is 4.82. The van der Waals surface area contributed by atoms with Gasteiger partial charge in [-0.1, -0.05) is 13.8 Å². The predicted octanol–water partition coefficient (Wildman–Crippen LogP) is 0.502. The number of hydrogen-bond donors (Lipinski definition) is 2. The van der Waals surface area contributed by atoms with Crippen molar-refractivity contribution in [1.29, 1.82) is 0 Å². The van der Waals surface area contributed by atoms with Gasteiger partial charge in [0.15, 0.2) is 0 Å². The van der Waals surface area contributed by atoms with Gasteiger partial charge in [-0.3, -0.25) is 9.59 Å². The van der Waals surface area contributed by atoms with E-state index in [-0.39, 0.29) is 23.9 Å². The van der Waals surface area contributed by atoms with Gasteiger partial charge in [-0.2, -0.15) is 0 Å². The zero-order valence-corrected chi connectivity index (χ0v) is 11.7. The van der Waals surface area contributed by atoms with Gasteiger partial charge in [-0.15, -0.1) is 0 Å². The molecule has 5 heteroatoms. The van der Waals surface area contributed by atoms with Crippen molar-refractivity contribution >= 4 is 11.8 Å². The molecular weight excluding hydrogens is 230 g/mol. The highest BCUT2D eigenvalue weighted by Crippen LogP contribution is 2.15. The largest absolute Gasteiger partial charge is 0.353 e. The molecule has 18 heavy (non-hydrogen) atoms. The lowest BCUT2D eigenvalue weighted by atomic mass is 10.1. The Hall–Kier alpha value is -1.10. The highest BCUT2D eigenvalue weighted by Gasteiger charge is 2.31. The van der Waals surface area contributed by atoms with Crippen molar-refractivity contribution in [3.63, 3.8) is 0 Å². The molecule has 0 spiro atoms. The van der Waals surface area contributed by atoms with Crippen molar-refractivity contribution in [3.8, 4) is 0 Å². The first-order valence-corrected chi connectivity index (χ1v) is 6.90. The van der Waals surface area contributed by atoms with Gasteiger partial charge in [0.2, 0.25) is 11.8 Å². The molecule has 0 bridgehead atoms. The van der Waals surface area contributed by atoms with Gasteiger partial charge < -0.3 is 15.5 Å². The lowest BCUT2D eigenvalue weighted by molar-refractivity contribution is -0.137. The molecule has 0 aromatic carbocycles. The SMILES string of the molecule is CCN[C@H](C)CNC(=O)C(CC)N1CCCC1=O. The second kappa shape index (κ2) is 7.36. The molecule has 5 nitrogen and oxygen atoms in total. The summed E-state index contributed by atoms with van der Waals surface area (Å²) in [5.74, 6) is 0.0780. The number of likely N-dealkylation sites (tertiary alicyclic amines) is 1. The van der Waals surface area contributed by atoms with Gasteiger partial charge in [-0.25, -0.2) is 0 Å². The Balaban J connectivity index is 2.44. The molecule has 2 amide bonds. The van der Waals surface area contributed by atoms with Crippen LogP contribution in [0.2, 0.25) is 0 Å². The molecule has 0 aromatic heterocycles. The maximum Gasteiger partial charge on any atom is 0.242 e. The summed E-state index contributed by atoms with van der Waals surface area (Å²) < 4.78 is 0. The zero-order chi connectivity index (χ0) is 13.5. The first-order valence-electron chi connectivity index (χ1n) is 6.90. The summed E-state index contributed by atoms with van der Waals surface area (Å²) in [5, 5.41) is 6.16. The van der Waals surface area contributed by atoms with E-state index in [1.54, 1.807) is 4.90 Å². The summed E-state index contributed by atoms with van der Waals surface area (Å²) in [6.45, 7) is 8.23. The van der Waals surface area contributed by atoms with Crippen molar-refractivity contribution < 1.29 is 9.59 Å². The van der Waals surface area contributed by atoms with E-state index in [0.717, 1.165) is 13.0 Å². The molecule has 1 fully saturated rings. The van der Waals surface area contributed by atoms with Crippen LogP contribution in [0.15, 0.2) is 0 Å². The number of amides is 2. The number of likely N-dealkylation sites (N-methyl/N-ethyl adjacent to an activating group) is 1. The zero-order valence-electron chi connectivity index (χ0n) is 11.7. The smallest absolute Gasteiger partial charge is 0.242 e. The Morgan fingerprint density at radius 2 is 2.17 bits per heavy atom. The molecule has 1 unspecified atom stereocenters. The van der Waals surface area contributed by atoms with Crippen molar-refractivity contribution in [1.82, 2.24) is 15.5 Å². The summed E-state index contributed by atoms with van der Waals surface area (Å²) in [4.78, 5) is 25.5. The Kier molecular flexibility index (Phi) is 6.12. The van der Waals surface area contributed by atoms with Crippen LogP contribution in [0.5, 0.6) is 0 Å². The van der Waals surface area contributed by atoms with E-state index >= 15 is 0 Å². The fourth-order valence-corrected chi connectivity index (χ4v) is 2.34. The maximum atomic E-state index is 12.1. The summed E-state index contributed by atoms with van der Waals surface area (Å²) in [5.41, 5.74) is 0. The molecule has 104 valence electrons. The molecule has 2 N–H and O–H groups in total. The summed E-state index contributed by atoms with van der Waals surface area (Å²) in [7, 11) is 0. The summed E-state index contributed by atoms with van der Waals surface area (Å²) in [6, 6.07) is -0.0421. The second-order valence-electron chi connectivity index (χ2n) is 4.82. The van der Waals surface area contributed by atoms with Crippen LogP contribution < -0.4 is 10.6 Å². The first-order chi connectivity index (χ1) is 8.60. The van der Waals surface area contributed by atoms with Crippen LogP contribution in [0.25, 0.3) is 0 Å². The van der Waals surface area contributed by atoms with E-state index in [2.05, 4.69) is 10.6 Å². The standard InChI is InChI=1S/C13H25N3O2/c1-4-11(16-8-6-7-12(16)17)13(18)15-9-10(3)14-5-2/h10-11,14H,4-9H2,1-3H3,(H,15,18)/t10-,11?/m1/s1. The topological polar surface area (TPSA) is 61.4 Å². The van der Waals surface area contributed by atoms with E-state index in [1.165, 1.54) is 0 Å². The van der Waals surface area contributed by atoms with Crippen LogP contribution in [0.3, 0.4) is 0 Å². The first kappa shape index (κ1) is 15.0. The monoisotopic (exact) mass is 255 g/mol. The van der Waals surface area contributed by atoms with Crippen LogP contribution in [0.1, 0.15) is 40.0 Å². The molecule has 2 atom stereocenters. The molecule has 0 saturated carbocycles.